The second-order valence-corrected chi connectivity index (χ2v) is 4.96. The summed E-state index contributed by atoms with van der Waals surface area (Å²) in [5, 5.41) is 3.38. The maximum Gasteiger partial charge on any atom is 0.226 e. The molecule has 86 valence electrons. The van der Waals surface area contributed by atoms with E-state index >= 15 is 0 Å². The van der Waals surface area contributed by atoms with Gasteiger partial charge in [0.2, 0.25) is 5.91 Å². The van der Waals surface area contributed by atoms with Crippen LogP contribution in [0.3, 0.4) is 0 Å². The van der Waals surface area contributed by atoms with Crippen molar-refractivity contribution in [1.29, 1.82) is 0 Å². The van der Waals surface area contributed by atoms with Crippen molar-refractivity contribution in [3.63, 3.8) is 0 Å². The molecule has 0 aromatic heterocycles. The van der Waals surface area contributed by atoms with Crippen LogP contribution in [0.4, 0.5) is 0 Å². The van der Waals surface area contributed by atoms with E-state index in [4.69, 9.17) is 0 Å². The van der Waals surface area contributed by atoms with Gasteiger partial charge in [-0.1, -0.05) is 6.92 Å². The van der Waals surface area contributed by atoms with Crippen LogP contribution in [0.5, 0.6) is 0 Å². The van der Waals surface area contributed by atoms with Gasteiger partial charge in [0, 0.05) is 25.6 Å². The summed E-state index contributed by atoms with van der Waals surface area (Å²) in [4.78, 5) is 14.2. The van der Waals surface area contributed by atoms with E-state index in [9.17, 15) is 4.79 Å². The molecule has 1 aliphatic heterocycles. The lowest BCUT2D eigenvalue weighted by Gasteiger charge is -2.21. The third kappa shape index (κ3) is 1.89. The zero-order valence-electron chi connectivity index (χ0n) is 9.88. The van der Waals surface area contributed by atoms with Crippen molar-refractivity contribution in [1.82, 2.24) is 10.2 Å². The van der Waals surface area contributed by atoms with Crippen molar-refractivity contribution in [2.24, 2.45) is 11.3 Å². The minimum absolute atomic E-state index is 0.332. The van der Waals surface area contributed by atoms with Crippen molar-refractivity contribution in [3.05, 3.63) is 0 Å². The average Bonchev–Trinajstić information content (AvgIpc) is 2.72. The van der Waals surface area contributed by atoms with Crippen LogP contribution in [0.25, 0.3) is 0 Å². The first-order valence-electron chi connectivity index (χ1n) is 6.23. The molecule has 2 unspecified atom stereocenters. The second kappa shape index (κ2) is 4.12. The molecule has 2 atom stereocenters. The van der Waals surface area contributed by atoms with Crippen LogP contribution in [-0.4, -0.2) is 37.0 Å². The Kier molecular flexibility index (Phi) is 3.01. The predicted molar refractivity (Wildman–Crippen MR) is 60.6 cm³/mol. The highest BCUT2D eigenvalue weighted by atomic mass is 16.2. The number of rotatable bonds is 4. The molecular weight excluding hydrogens is 188 g/mol. The highest BCUT2D eigenvalue weighted by Gasteiger charge is 2.59. The third-order valence-electron chi connectivity index (χ3n) is 3.95. The Morgan fingerprint density at radius 2 is 2.33 bits per heavy atom. The van der Waals surface area contributed by atoms with E-state index in [-0.39, 0.29) is 0 Å². The van der Waals surface area contributed by atoms with Gasteiger partial charge in [0.15, 0.2) is 0 Å². The number of amides is 1. The number of carbonyl (C=O) groups is 1. The zero-order valence-corrected chi connectivity index (χ0v) is 9.88. The monoisotopic (exact) mass is 210 g/mol. The lowest BCUT2D eigenvalue weighted by atomic mass is 10.0. The fourth-order valence-corrected chi connectivity index (χ4v) is 2.85. The average molecular weight is 210 g/mol. The maximum absolute atomic E-state index is 12.2. The number of hydrogen-bond donors (Lipinski definition) is 1. The SMILES string of the molecule is CCCN(CC)C(=O)C1CC12CCNC2. The molecule has 2 fully saturated rings. The molecule has 2 aliphatic rings. The summed E-state index contributed by atoms with van der Waals surface area (Å²) >= 11 is 0. The summed E-state index contributed by atoms with van der Waals surface area (Å²) < 4.78 is 0. The van der Waals surface area contributed by atoms with Gasteiger partial charge in [-0.25, -0.2) is 0 Å². The first-order chi connectivity index (χ1) is 7.23. The topological polar surface area (TPSA) is 32.3 Å². The van der Waals surface area contributed by atoms with Crippen LogP contribution in [0.1, 0.15) is 33.1 Å². The largest absolute Gasteiger partial charge is 0.343 e. The first-order valence-corrected chi connectivity index (χ1v) is 6.23. The standard InChI is InChI=1S/C12H22N2O/c1-3-7-14(4-2)11(15)10-8-12(10)5-6-13-9-12/h10,13H,3-9H2,1-2H3. The fourth-order valence-electron chi connectivity index (χ4n) is 2.85. The van der Waals surface area contributed by atoms with Crippen molar-refractivity contribution in [2.45, 2.75) is 33.1 Å². The molecule has 1 saturated carbocycles. The van der Waals surface area contributed by atoms with E-state index in [1.807, 2.05) is 4.90 Å². The van der Waals surface area contributed by atoms with Crippen molar-refractivity contribution < 1.29 is 4.79 Å². The summed E-state index contributed by atoms with van der Waals surface area (Å²) in [6.07, 6.45) is 3.39. The molecule has 3 nitrogen and oxygen atoms in total. The van der Waals surface area contributed by atoms with Crippen molar-refractivity contribution in [3.8, 4) is 0 Å². The number of nitrogens with zero attached hydrogens (tertiary/aromatic N) is 1. The zero-order chi connectivity index (χ0) is 10.9. The van der Waals surface area contributed by atoms with Gasteiger partial charge in [0.05, 0.1) is 0 Å². The van der Waals surface area contributed by atoms with Gasteiger partial charge in [-0.2, -0.15) is 0 Å². The first kappa shape index (κ1) is 10.9. The quantitative estimate of drug-likeness (QED) is 0.757. The van der Waals surface area contributed by atoms with E-state index in [0.717, 1.165) is 39.0 Å². The molecule has 2 rings (SSSR count). The minimum atomic E-state index is 0.332. The van der Waals surface area contributed by atoms with Crippen molar-refractivity contribution in [2.75, 3.05) is 26.2 Å². The minimum Gasteiger partial charge on any atom is -0.343 e. The van der Waals surface area contributed by atoms with Crippen LogP contribution in [0, 0.1) is 11.3 Å². The lowest BCUT2D eigenvalue weighted by molar-refractivity contribution is -0.133. The maximum atomic E-state index is 12.2. The van der Waals surface area contributed by atoms with Crippen molar-refractivity contribution >= 4 is 5.91 Å². The molecule has 1 heterocycles. The van der Waals surface area contributed by atoms with E-state index in [0.29, 0.717) is 17.2 Å². The summed E-state index contributed by atoms with van der Waals surface area (Å²) in [5.74, 6) is 0.738. The molecule has 1 saturated heterocycles. The van der Waals surface area contributed by atoms with E-state index in [1.54, 1.807) is 0 Å². The molecule has 15 heavy (non-hydrogen) atoms. The Morgan fingerprint density at radius 1 is 1.53 bits per heavy atom. The normalized spacial score (nSPS) is 33.3. The van der Waals surface area contributed by atoms with Gasteiger partial charge in [-0.15, -0.1) is 0 Å². The molecule has 0 aromatic carbocycles. The molecular formula is C12H22N2O. The summed E-state index contributed by atoms with van der Waals surface area (Å²) in [6, 6.07) is 0. The Bertz CT molecular complexity index is 246. The Balaban J connectivity index is 1.91. The van der Waals surface area contributed by atoms with Crippen LogP contribution in [-0.2, 0) is 4.79 Å². The van der Waals surface area contributed by atoms with Crippen LogP contribution in [0.2, 0.25) is 0 Å². The van der Waals surface area contributed by atoms with E-state index < -0.39 is 0 Å². The van der Waals surface area contributed by atoms with Gasteiger partial charge in [0.25, 0.3) is 0 Å². The van der Waals surface area contributed by atoms with E-state index in [1.165, 1.54) is 6.42 Å². The smallest absolute Gasteiger partial charge is 0.226 e. The predicted octanol–water partition coefficient (Wildman–Crippen LogP) is 1.24. The van der Waals surface area contributed by atoms with Gasteiger partial charge in [-0.05, 0) is 38.1 Å². The summed E-state index contributed by atoms with van der Waals surface area (Å²) in [6.45, 7) is 8.17. The highest BCUT2D eigenvalue weighted by Crippen LogP contribution is 2.57. The van der Waals surface area contributed by atoms with Gasteiger partial charge in [0.1, 0.15) is 0 Å². The summed E-state index contributed by atoms with van der Waals surface area (Å²) in [7, 11) is 0. The molecule has 1 amide bonds. The lowest BCUT2D eigenvalue weighted by Crippen LogP contribution is -2.34. The number of carbonyl (C=O) groups excluding carboxylic acids is 1. The van der Waals surface area contributed by atoms with E-state index in [2.05, 4.69) is 19.2 Å². The Hall–Kier alpha value is -0.570. The number of nitrogens with one attached hydrogen (secondary N) is 1. The van der Waals surface area contributed by atoms with Gasteiger partial charge >= 0.3 is 0 Å². The van der Waals surface area contributed by atoms with Gasteiger partial charge < -0.3 is 10.2 Å². The Morgan fingerprint density at radius 3 is 2.87 bits per heavy atom. The molecule has 1 N–H and O–H groups in total. The molecule has 1 spiro atoms. The van der Waals surface area contributed by atoms with Crippen LogP contribution >= 0.6 is 0 Å². The molecule has 0 radical (unpaired) electrons. The second-order valence-electron chi connectivity index (χ2n) is 4.96. The molecule has 0 bridgehead atoms. The highest BCUT2D eigenvalue weighted by molar-refractivity contribution is 5.82. The molecule has 1 aliphatic carbocycles. The van der Waals surface area contributed by atoms with Crippen LogP contribution in [0.15, 0.2) is 0 Å². The molecule has 0 aromatic rings. The van der Waals surface area contributed by atoms with Gasteiger partial charge in [-0.3, -0.25) is 4.79 Å². The third-order valence-corrected chi connectivity index (χ3v) is 3.95. The van der Waals surface area contributed by atoms with Crippen LogP contribution < -0.4 is 5.32 Å². The number of hydrogen-bond acceptors (Lipinski definition) is 2. The Labute approximate surface area is 92.2 Å². The molecule has 3 heteroatoms. The summed E-state index contributed by atoms with van der Waals surface area (Å²) in [5.41, 5.74) is 0.359. The fraction of sp³-hybridized carbons (Fsp3) is 0.917.